The van der Waals surface area contributed by atoms with Crippen LogP contribution in [0.15, 0.2) is 42.5 Å². The van der Waals surface area contributed by atoms with Gasteiger partial charge in [-0.2, -0.15) is 5.10 Å². The van der Waals surface area contributed by atoms with Crippen LogP contribution in [0.2, 0.25) is 0 Å². The second kappa shape index (κ2) is 5.48. The first kappa shape index (κ1) is 13.5. The molecule has 0 spiro atoms. The summed E-state index contributed by atoms with van der Waals surface area (Å²) in [4.78, 5) is 0. The van der Waals surface area contributed by atoms with Crippen LogP contribution in [0.25, 0.3) is 10.8 Å². The highest BCUT2D eigenvalue weighted by atomic mass is 16.5. The van der Waals surface area contributed by atoms with Gasteiger partial charge in [-0.15, -0.1) is 0 Å². The van der Waals surface area contributed by atoms with Gasteiger partial charge in [0.05, 0.1) is 11.4 Å². The van der Waals surface area contributed by atoms with Gasteiger partial charge in [-0.3, -0.25) is 4.68 Å². The van der Waals surface area contributed by atoms with Crippen LogP contribution in [-0.4, -0.2) is 14.9 Å². The Morgan fingerprint density at radius 1 is 1.14 bits per heavy atom. The molecule has 1 aromatic heterocycles. The molecule has 1 N–H and O–H groups in total. The van der Waals surface area contributed by atoms with Gasteiger partial charge in [0.2, 0.25) is 0 Å². The minimum absolute atomic E-state index is 0.159. The molecule has 0 atom stereocenters. The van der Waals surface area contributed by atoms with Crippen molar-refractivity contribution in [2.75, 3.05) is 0 Å². The number of aromatic hydroxyl groups is 1. The van der Waals surface area contributed by atoms with E-state index in [1.807, 2.05) is 48.1 Å². The predicted octanol–water partition coefficient (Wildman–Crippen LogP) is 3.42. The van der Waals surface area contributed by atoms with Crippen molar-refractivity contribution in [1.29, 1.82) is 0 Å². The van der Waals surface area contributed by atoms with Gasteiger partial charge in [0.15, 0.2) is 11.5 Å². The zero-order valence-electron chi connectivity index (χ0n) is 12.2. The van der Waals surface area contributed by atoms with Gasteiger partial charge in [-0.05, 0) is 35.4 Å². The van der Waals surface area contributed by atoms with Crippen molar-refractivity contribution >= 4 is 10.8 Å². The summed E-state index contributed by atoms with van der Waals surface area (Å²) in [6.45, 7) is 2.46. The number of aromatic nitrogens is 2. The van der Waals surface area contributed by atoms with Crippen LogP contribution in [0.4, 0.5) is 0 Å². The molecule has 0 saturated heterocycles. The van der Waals surface area contributed by atoms with Crippen molar-refractivity contribution in [2.45, 2.75) is 20.0 Å². The molecular weight excluding hydrogens is 264 g/mol. The summed E-state index contributed by atoms with van der Waals surface area (Å²) in [6.07, 6.45) is 0.898. The zero-order chi connectivity index (χ0) is 14.8. The Morgan fingerprint density at radius 2 is 1.86 bits per heavy atom. The largest absolute Gasteiger partial charge is 0.504 e. The Hall–Kier alpha value is -2.49. The van der Waals surface area contributed by atoms with E-state index in [1.165, 1.54) is 0 Å². The number of aryl methyl sites for hydroxylation is 2. The summed E-state index contributed by atoms with van der Waals surface area (Å²) < 4.78 is 7.58. The maximum Gasteiger partial charge on any atom is 0.162 e. The third-order valence-corrected chi connectivity index (χ3v) is 3.59. The molecule has 4 nitrogen and oxygen atoms in total. The van der Waals surface area contributed by atoms with Crippen molar-refractivity contribution in [3.8, 4) is 11.5 Å². The third kappa shape index (κ3) is 2.70. The number of nitrogens with zero attached hydrogens (tertiary/aromatic N) is 2. The van der Waals surface area contributed by atoms with Gasteiger partial charge in [0.1, 0.15) is 6.61 Å². The van der Waals surface area contributed by atoms with Crippen LogP contribution >= 0.6 is 0 Å². The van der Waals surface area contributed by atoms with Crippen LogP contribution in [0.3, 0.4) is 0 Å². The Kier molecular flexibility index (Phi) is 3.52. The van der Waals surface area contributed by atoms with Crippen LogP contribution in [0.5, 0.6) is 11.5 Å². The summed E-state index contributed by atoms with van der Waals surface area (Å²) >= 11 is 0. The van der Waals surface area contributed by atoms with Crippen LogP contribution in [0, 0.1) is 0 Å². The van der Waals surface area contributed by atoms with Gasteiger partial charge in [-0.1, -0.05) is 31.2 Å². The summed E-state index contributed by atoms with van der Waals surface area (Å²) in [7, 11) is 1.90. The molecule has 0 unspecified atom stereocenters. The predicted molar refractivity (Wildman–Crippen MR) is 82.5 cm³/mol. The Morgan fingerprint density at radius 3 is 2.52 bits per heavy atom. The molecule has 0 saturated carbocycles. The molecule has 108 valence electrons. The normalized spacial score (nSPS) is 11.0. The molecule has 2 aromatic carbocycles. The smallest absolute Gasteiger partial charge is 0.162 e. The van der Waals surface area contributed by atoms with Crippen LogP contribution in [0.1, 0.15) is 18.3 Å². The third-order valence-electron chi connectivity index (χ3n) is 3.59. The van der Waals surface area contributed by atoms with E-state index in [-0.39, 0.29) is 5.75 Å². The zero-order valence-corrected chi connectivity index (χ0v) is 12.2. The average Bonchev–Trinajstić information content (AvgIpc) is 2.85. The fraction of sp³-hybridized carbons (Fsp3) is 0.235. The van der Waals surface area contributed by atoms with Crippen molar-refractivity contribution in [1.82, 2.24) is 9.78 Å². The van der Waals surface area contributed by atoms with E-state index in [0.29, 0.717) is 12.4 Å². The Bertz CT molecular complexity index is 778. The molecule has 0 aliphatic carbocycles. The first-order valence-electron chi connectivity index (χ1n) is 7.03. The molecule has 4 heteroatoms. The van der Waals surface area contributed by atoms with Crippen molar-refractivity contribution in [3.05, 3.63) is 53.9 Å². The molecule has 0 bridgehead atoms. The van der Waals surface area contributed by atoms with Crippen molar-refractivity contribution < 1.29 is 9.84 Å². The SMILES string of the molecule is CCc1cc(COc2cc3ccccc3cc2O)n(C)n1. The first-order chi connectivity index (χ1) is 10.2. The van der Waals surface area contributed by atoms with Gasteiger partial charge in [0, 0.05) is 7.05 Å². The lowest BCUT2D eigenvalue weighted by atomic mass is 10.1. The van der Waals surface area contributed by atoms with Gasteiger partial charge in [0.25, 0.3) is 0 Å². The molecule has 3 rings (SSSR count). The number of hydrogen-bond donors (Lipinski definition) is 1. The Balaban J connectivity index is 1.84. The van der Waals surface area contributed by atoms with E-state index < -0.39 is 0 Å². The number of benzene rings is 2. The van der Waals surface area contributed by atoms with Crippen molar-refractivity contribution in [2.24, 2.45) is 7.05 Å². The molecule has 0 radical (unpaired) electrons. The molecule has 21 heavy (non-hydrogen) atoms. The van der Waals surface area contributed by atoms with Crippen LogP contribution in [-0.2, 0) is 20.1 Å². The fourth-order valence-corrected chi connectivity index (χ4v) is 2.35. The van der Waals surface area contributed by atoms with E-state index in [9.17, 15) is 5.11 Å². The lowest BCUT2D eigenvalue weighted by Gasteiger charge is -2.09. The number of ether oxygens (including phenoxy) is 1. The van der Waals surface area contributed by atoms with E-state index in [2.05, 4.69) is 12.0 Å². The highest BCUT2D eigenvalue weighted by Crippen LogP contribution is 2.31. The number of phenols is 1. The quantitative estimate of drug-likeness (QED) is 0.797. The average molecular weight is 282 g/mol. The molecule has 0 aliphatic heterocycles. The maximum atomic E-state index is 10.1. The van der Waals surface area contributed by atoms with Gasteiger partial charge < -0.3 is 9.84 Å². The molecule has 0 amide bonds. The molecule has 0 fully saturated rings. The first-order valence-corrected chi connectivity index (χ1v) is 7.03. The highest BCUT2D eigenvalue weighted by molar-refractivity contribution is 5.85. The number of hydrogen-bond acceptors (Lipinski definition) is 3. The Labute approximate surface area is 123 Å². The second-order valence-corrected chi connectivity index (χ2v) is 5.06. The van der Waals surface area contributed by atoms with Crippen LogP contribution < -0.4 is 4.74 Å². The van der Waals surface area contributed by atoms with Crippen molar-refractivity contribution in [3.63, 3.8) is 0 Å². The summed E-state index contributed by atoms with van der Waals surface area (Å²) in [5, 5.41) is 16.5. The monoisotopic (exact) mass is 282 g/mol. The second-order valence-electron chi connectivity index (χ2n) is 5.06. The van der Waals surface area contributed by atoms with E-state index in [0.717, 1.165) is 28.6 Å². The van der Waals surface area contributed by atoms with E-state index in [4.69, 9.17) is 4.74 Å². The van der Waals surface area contributed by atoms with Gasteiger partial charge >= 0.3 is 0 Å². The summed E-state index contributed by atoms with van der Waals surface area (Å²) in [6, 6.07) is 13.5. The lowest BCUT2D eigenvalue weighted by molar-refractivity contribution is 0.280. The summed E-state index contributed by atoms with van der Waals surface area (Å²) in [5.74, 6) is 0.652. The van der Waals surface area contributed by atoms with E-state index >= 15 is 0 Å². The summed E-state index contributed by atoms with van der Waals surface area (Å²) in [5.41, 5.74) is 2.03. The maximum absolute atomic E-state index is 10.1. The molecular formula is C17H18N2O2. The standard InChI is InChI=1S/C17H18N2O2/c1-3-14-10-15(19(2)18-14)11-21-17-9-13-7-5-4-6-12(13)8-16(17)20/h4-10,20H,3,11H2,1-2H3. The molecule has 1 heterocycles. The topological polar surface area (TPSA) is 47.3 Å². The lowest BCUT2D eigenvalue weighted by Crippen LogP contribution is -2.03. The molecule has 3 aromatic rings. The minimum atomic E-state index is 0.159. The number of fused-ring (bicyclic) bond motifs is 1. The van der Waals surface area contributed by atoms with Gasteiger partial charge in [-0.25, -0.2) is 0 Å². The minimum Gasteiger partial charge on any atom is -0.504 e. The molecule has 0 aliphatic rings. The number of phenolic OH excluding ortho intramolecular Hbond substituents is 1. The number of rotatable bonds is 4. The fourth-order valence-electron chi connectivity index (χ4n) is 2.35. The van der Waals surface area contributed by atoms with E-state index in [1.54, 1.807) is 6.07 Å². The highest BCUT2D eigenvalue weighted by Gasteiger charge is 2.08.